The maximum absolute atomic E-state index is 13.3. The molecule has 1 atom stereocenters. The van der Waals surface area contributed by atoms with Gasteiger partial charge in [0, 0.05) is 12.6 Å². The standard InChI is InChI=1S/C24H28N2O3S/c1-3-19(2)26(24(28)22-12-8-16-30-22)18-23(27)25(17-21-11-7-15-29-21)14-13-20-9-5-4-6-10-20/h4-12,15-16,19H,3,13-14,17-18H2,1-2H3. The predicted molar refractivity (Wildman–Crippen MR) is 119 cm³/mol. The van der Waals surface area contributed by atoms with Crippen molar-refractivity contribution in [2.24, 2.45) is 0 Å². The van der Waals surface area contributed by atoms with Crippen LogP contribution in [0.25, 0.3) is 0 Å². The van der Waals surface area contributed by atoms with Gasteiger partial charge in [-0.2, -0.15) is 0 Å². The number of rotatable bonds is 10. The molecule has 2 heterocycles. The summed E-state index contributed by atoms with van der Waals surface area (Å²) in [5.74, 6) is 0.567. The lowest BCUT2D eigenvalue weighted by Crippen LogP contribution is -2.46. The fourth-order valence-electron chi connectivity index (χ4n) is 3.23. The highest BCUT2D eigenvalue weighted by molar-refractivity contribution is 7.12. The second-order valence-electron chi connectivity index (χ2n) is 7.30. The third-order valence-electron chi connectivity index (χ3n) is 5.21. The smallest absolute Gasteiger partial charge is 0.264 e. The van der Waals surface area contributed by atoms with Crippen LogP contribution in [0, 0.1) is 0 Å². The van der Waals surface area contributed by atoms with Crippen molar-refractivity contribution >= 4 is 23.2 Å². The van der Waals surface area contributed by atoms with Gasteiger partial charge < -0.3 is 14.2 Å². The molecule has 1 unspecified atom stereocenters. The first-order valence-electron chi connectivity index (χ1n) is 10.3. The Morgan fingerprint density at radius 3 is 2.50 bits per heavy atom. The lowest BCUT2D eigenvalue weighted by Gasteiger charge is -2.31. The number of thiophene rings is 1. The molecule has 0 radical (unpaired) electrons. The number of furan rings is 1. The maximum Gasteiger partial charge on any atom is 0.264 e. The third kappa shape index (κ3) is 5.83. The zero-order valence-electron chi connectivity index (χ0n) is 17.5. The summed E-state index contributed by atoms with van der Waals surface area (Å²) in [5.41, 5.74) is 1.17. The molecule has 2 aromatic heterocycles. The molecule has 0 spiro atoms. The molecule has 158 valence electrons. The van der Waals surface area contributed by atoms with Crippen LogP contribution in [0.4, 0.5) is 0 Å². The monoisotopic (exact) mass is 424 g/mol. The van der Waals surface area contributed by atoms with Crippen LogP contribution in [0.15, 0.2) is 70.7 Å². The first-order chi connectivity index (χ1) is 14.6. The molecule has 0 bridgehead atoms. The van der Waals surface area contributed by atoms with Crippen molar-refractivity contribution in [1.29, 1.82) is 0 Å². The molecule has 6 heteroatoms. The van der Waals surface area contributed by atoms with Gasteiger partial charge in [0.2, 0.25) is 5.91 Å². The molecule has 3 aromatic rings. The summed E-state index contributed by atoms with van der Waals surface area (Å²) in [6.07, 6.45) is 3.14. The van der Waals surface area contributed by atoms with Crippen LogP contribution in [0.5, 0.6) is 0 Å². The molecule has 0 aliphatic rings. The van der Waals surface area contributed by atoms with Gasteiger partial charge in [-0.05, 0) is 48.9 Å². The van der Waals surface area contributed by atoms with E-state index in [2.05, 4.69) is 12.1 Å². The topological polar surface area (TPSA) is 53.8 Å². The van der Waals surface area contributed by atoms with Gasteiger partial charge >= 0.3 is 0 Å². The molecular weight excluding hydrogens is 396 g/mol. The summed E-state index contributed by atoms with van der Waals surface area (Å²) in [6.45, 7) is 5.02. The van der Waals surface area contributed by atoms with Crippen molar-refractivity contribution in [1.82, 2.24) is 9.80 Å². The molecule has 0 saturated heterocycles. The molecular formula is C24H28N2O3S. The summed E-state index contributed by atoms with van der Waals surface area (Å²) in [7, 11) is 0. The van der Waals surface area contributed by atoms with E-state index in [1.807, 2.05) is 61.7 Å². The van der Waals surface area contributed by atoms with Gasteiger partial charge in [0.1, 0.15) is 12.3 Å². The minimum atomic E-state index is -0.0892. The Bertz CT molecular complexity index is 907. The van der Waals surface area contributed by atoms with Crippen LogP contribution in [0.1, 0.15) is 41.3 Å². The average molecular weight is 425 g/mol. The normalized spacial score (nSPS) is 11.8. The predicted octanol–water partition coefficient (Wildman–Crippen LogP) is 4.85. The highest BCUT2D eigenvalue weighted by Crippen LogP contribution is 2.17. The lowest BCUT2D eigenvalue weighted by molar-refractivity contribution is -0.133. The number of carbonyl (C=O) groups is 2. The Morgan fingerprint density at radius 2 is 1.87 bits per heavy atom. The Morgan fingerprint density at radius 1 is 1.07 bits per heavy atom. The molecule has 0 aliphatic carbocycles. The molecule has 3 rings (SSSR count). The molecule has 0 N–H and O–H groups in total. The van der Waals surface area contributed by atoms with Crippen LogP contribution in [-0.2, 0) is 17.8 Å². The minimum Gasteiger partial charge on any atom is -0.467 e. The van der Waals surface area contributed by atoms with Crippen molar-refractivity contribution < 1.29 is 14.0 Å². The highest BCUT2D eigenvalue weighted by atomic mass is 32.1. The number of carbonyl (C=O) groups excluding carboxylic acids is 2. The van der Waals surface area contributed by atoms with E-state index in [1.54, 1.807) is 16.1 Å². The van der Waals surface area contributed by atoms with E-state index in [-0.39, 0.29) is 24.4 Å². The Hall–Kier alpha value is -2.86. The summed E-state index contributed by atoms with van der Waals surface area (Å²) in [6, 6.07) is 17.4. The Labute approximate surface area is 181 Å². The van der Waals surface area contributed by atoms with Crippen molar-refractivity contribution in [3.63, 3.8) is 0 Å². The number of hydrogen-bond donors (Lipinski definition) is 0. The molecule has 0 saturated carbocycles. The van der Waals surface area contributed by atoms with Gasteiger partial charge in [-0.3, -0.25) is 9.59 Å². The van der Waals surface area contributed by atoms with Crippen LogP contribution >= 0.6 is 11.3 Å². The summed E-state index contributed by atoms with van der Waals surface area (Å²) < 4.78 is 5.47. The molecule has 0 fully saturated rings. The van der Waals surface area contributed by atoms with Gasteiger partial charge in [-0.1, -0.05) is 43.3 Å². The van der Waals surface area contributed by atoms with Gasteiger partial charge in [0.05, 0.1) is 17.7 Å². The van der Waals surface area contributed by atoms with Crippen molar-refractivity contribution in [2.75, 3.05) is 13.1 Å². The summed E-state index contributed by atoms with van der Waals surface area (Å²) in [5, 5.41) is 1.88. The van der Waals surface area contributed by atoms with Crippen LogP contribution in [0.3, 0.4) is 0 Å². The number of benzene rings is 1. The zero-order valence-corrected chi connectivity index (χ0v) is 18.3. The third-order valence-corrected chi connectivity index (χ3v) is 6.07. The molecule has 1 aromatic carbocycles. The first-order valence-corrected chi connectivity index (χ1v) is 11.1. The van der Waals surface area contributed by atoms with Gasteiger partial charge in [0.15, 0.2) is 0 Å². The SMILES string of the molecule is CCC(C)N(CC(=O)N(CCc1ccccc1)Cc1ccco1)C(=O)c1cccs1. The van der Waals surface area contributed by atoms with Crippen molar-refractivity contribution in [3.05, 3.63) is 82.4 Å². The van der Waals surface area contributed by atoms with Gasteiger partial charge in [0.25, 0.3) is 5.91 Å². The second-order valence-corrected chi connectivity index (χ2v) is 8.25. The maximum atomic E-state index is 13.3. The van der Waals surface area contributed by atoms with Crippen LogP contribution < -0.4 is 0 Å². The number of hydrogen-bond acceptors (Lipinski definition) is 4. The summed E-state index contributed by atoms with van der Waals surface area (Å²) >= 11 is 1.40. The van der Waals surface area contributed by atoms with E-state index in [0.717, 1.165) is 18.6 Å². The van der Waals surface area contributed by atoms with E-state index in [4.69, 9.17) is 4.42 Å². The lowest BCUT2D eigenvalue weighted by atomic mass is 10.1. The fraction of sp³-hybridized carbons (Fsp3) is 0.333. The fourth-order valence-corrected chi connectivity index (χ4v) is 3.91. The van der Waals surface area contributed by atoms with Crippen LogP contribution in [0.2, 0.25) is 0 Å². The Balaban J connectivity index is 1.74. The number of nitrogens with zero attached hydrogens (tertiary/aromatic N) is 2. The zero-order chi connectivity index (χ0) is 21.3. The van der Waals surface area contributed by atoms with Gasteiger partial charge in [-0.15, -0.1) is 11.3 Å². The van der Waals surface area contributed by atoms with E-state index < -0.39 is 0 Å². The molecule has 0 aliphatic heterocycles. The largest absolute Gasteiger partial charge is 0.467 e. The second kappa shape index (κ2) is 10.8. The molecule has 5 nitrogen and oxygen atoms in total. The average Bonchev–Trinajstić information content (AvgIpc) is 3.49. The summed E-state index contributed by atoms with van der Waals surface area (Å²) in [4.78, 5) is 30.4. The number of amides is 2. The first kappa shape index (κ1) is 21.8. The quantitative estimate of drug-likeness (QED) is 0.467. The minimum absolute atomic E-state index is 0.0249. The van der Waals surface area contributed by atoms with Crippen LogP contribution in [-0.4, -0.2) is 40.7 Å². The van der Waals surface area contributed by atoms with E-state index in [0.29, 0.717) is 18.0 Å². The Kier molecular flexibility index (Phi) is 7.85. The highest BCUT2D eigenvalue weighted by Gasteiger charge is 2.26. The van der Waals surface area contributed by atoms with E-state index in [9.17, 15) is 9.59 Å². The van der Waals surface area contributed by atoms with Crippen molar-refractivity contribution in [2.45, 2.75) is 39.3 Å². The molecule has 2 amide bonds. The molecule has 30 heavy (non-hydrogen) atoms. The van der Waals surface area contributed by atoms with Crippen molar-refractivity contribution in [3.8, 4) is 0 Å². The van der Waals surface area contributed by atoms with Gasteiger partial charge in [-0.25, -0.2) is 0 Å². The van der Waals surface area contributed by atoms with E-state index in [1.165, 1.54) is 16.9 Å². The van der Waals surface area contributed by atoms with E-state index >= 15 is 0 Å².